The highest BCUT2D eigenvalue weighted by Gasteiger charge is 2.05. The predicted octanol–water partition coefficient (Wildman–Crippen LogP) is 1.18. The van der Waals surface area contributed by atoms with E-state index in [-0.39, 0.29) is 5.71 Å². The van der Waals surface area contributed by atoms with Gasteiger partial charge in [0.15, 0.2) is 5.71 Å². The number of hydrogen-bond donors (Lipinski definition) is 1. The van der Waals surface area contributed by atoms with E-state index in [0.29, 0.717) is 6.61 Å². The number of unbranched alkanes of at least 4 members (excludes halogenated alkanes) is 1. The van der Waals surface area contributed by atoms with Crippen molar-refractivity contribution < 1.29 is 14.7 Å². The van der Waals surface area contributed by atoms with Gasteiger partial charge in [0.2, 0.25) is 0 Å². The van der Waals surface area contributed by atoms with Crippen LogP contribution in [0.1, 0.15) is 26.7 Å². The Morgan fingerprint density at radius 1 is 1.64 bits per heavy atom. The summed E-state index contributed by atoms with van der Waals surface area (Å²) in [7, 11) is 0. The zero-order chi connectivity index (χ0) is 8.69. The van der Waals surface area contributed by atoms with Crippen molar-refractivity contribution in [2.24, 2.45) is 5.16 Å². The van der Waals surface area contributed by atoms with E-state index in [2.05, 4.69) is 5.16 Å². The minimum atomic E-state index is -0.555. The van der Waals surface area contributed by atoms with Gasteiger partial charge in [0.1, 0.15) is 0 Å². The van der Waals surface area contributed by atoms with Gasteiger partial charge in [-0.15, -0.1) is 0 Å². The van der Waals surface area contributed by atoms with Crippen LogP contribution >= 0.6 is 0 Å². The van der Waals surface area contributed by atoms with Gasteiger partial charge in [-0.1, -0.05) is 18.5 Å². The van der Waals surface area contributed by atoms with Crippen molar-refractivity contribution in [1.29, 1.82) is 0 Å². The van der Waals surface area contributed by atoms with E-state index in [1.54, 1.807) is 0 Å². The molecule has 4 nitrogen and oxygen atoms in total. The molecule has 0 aliphatic rings. The van der Waals surface area contributed by atoms with Crippen LogP contribution in [0.3, 0.4) is 0 Å². The lowest BCUT2D eigenvalue weighted by atomic mass is 10.3. The molecule has 4 heteroatoms. The average molecular weight is 159 g/mol. The number of carbonyl (C=O) groups excluding carboxylic acids is 1. The highest BCUT2D eigenvalue weighted by molar-refractivity contribution is 6.35. The Bertz CT molecular complexity index is 154. The number of hydrogen-bond acceptors (Lipinski definition) is 4. The topological polar surface area (TPSA) is 58.9 Å². The molecule has 0 aliphatic heterocycles. The second kappa shape index (κ2) is 5.70. The quantitative estimate of drug-likeness (QED) is 0.220. The highest BCUT2D eigenvalue weighted by Crippen LogP contribution is 1.89. The van der Waals surface area contributed by atoms with Crippen molar-refractivity contribution in [1.82, 2.24) is 0 Å². The Hall–Kier alpha value is -1.06. The zero-order valence-corrected chi connectivity index (χ0v) is 6.83. The van der Waals surface area contributed by atoms with Crippen LogP contribution in [-0.4, -0.2) is 23.5 Å². The smallest absolute Gasteiger partial charge is 0.355 e. The molecule has 1 N–H and O–H groups in total. The fraction of sp³-hybridized carbons (Fsp3) is 0.714. The van der Waals surface area contributed by atoms with Crippen molar-refractivity contribution in [2.45, 2.75) is 26.7 Å². The highest BCUT2D eigenvalue weighted by atomic mass is 16.5. The van der Waals surface area contributed by atoms with Gasteiger partial charge in [0.25, 0.3) is 0 Å². The third kappa shape index (κ3) is 4.36. The van der Waals surface area contributed by atoms with Crippen LogP contribution in [0, 0.1) is 0 Å². The zero-order valence-electron chi connectivity index (χ0n) is 6.83. The first kappa shape index (κ1) is 9.94. The normalized spacial score (nSPS) is 11.3. The third-order valence-electron chi connectivity index (χ3n) is 1.18. The number of rotatable bonds is 4. The molecule has 0 unspecified atom stereocenters. The first-order chi connectivity index (χ1) is 5.22. The summed E-state index contributed by atoms with van der Waals surface area (Å²) in [6, 6.07) is 0. The molecule has 0 saturated carbocycles. The van der Waals surface area contributed by atoms with Crippen molar-refractivity contribution in [2.75, 3.05) is 6.61 Å². The molecule has 0 spiro atoms. The van der Waals surface area contributed by atoms with E-state index in [1.807, 2.05) is 6.92 Å². The van der Waals surface area contributed by atoms with Gasteiger partial charge in [-0.3, -0.25) is 0 Å². The maximum absolute atomic E-state index is 10.7. The molecule has 0 aromatic heterocycles. The minimum Gasteiger partial charge on any atom is -0.461 e. The Kier molecular flexibility index (Phi) is 5.15. The summed E-state index contributed by atoms with van der Waals surface area (Å²) in [6.45, 7) is 3.79. The lowest BCUT2D eigenvalue weighted by molar-refractivity contribution is -0.135. The van der Waals surface area contributed by atoms with Gasteiger partial charge in [-0.25, -0.2) is 4.79 Å². The Labute approximate surface area is 65.8 Å². The minimum absolute atomic E-state index is 0.0129. The molecular weight excluding hydrogens is 146 g/mol. The van der Waals surface area contributed by atoms with Crippen molar-refractivity contribution in [3.8, 4) is 0 Å². The Morgan fingerprint density at radius 2 is 2.27 bits per heavy atom. The summed E-state index contributed by atoms with van der Waals surface area (Å²) in [5.74, 6) is -0.555. The van der Waals surface area contributed by atoms with Gasteiger partial charge in [-0.2, -0.15) is 0 Å². The van der Waals surface area contributed by atoms with Crippen molar-refractivity contribution in [3.63, 3.8) is 0 Å². The summed E-state index contributed by atoms with van der Waals surface area (Å²) in [6.07, 6.45) is 1.81. The van der Waals surface area contributed by atoms with Gasteiger partial charge in [0.05, 0.1) is 6.61 Å². The summed E-state index contributed by atoms with van der Waals surface area (Å²) in [5, 5.41) is 10.9. The first-order valence-corrected chi connectivity index (χ1v) is 3.58. The average Bonchev–Trinajstić information content (AvgIpc) is 2.03. The standard InChI is InChI=1S/C7H13NO3/c1-3-4-5-11-7(9)6(2)8-10/h10H,3-5H2,1-2H3/b8-6+. The van der Waals surface area contributed by atoms with Gasteiger partial charge in [0, 0.05) is 0 Å². The van der Waals surface area contributed by atoms with E-state index in [0.717, 1.165) is 12.8 Å². The summed E-state index contributed by atoms with van der Waals surface area (Å²) in [4.78, 5) is 10.7. The molecule has 11 heavy (non-hydrogen) atoms. The van der Waals surface area contributed by atoms with E-state index in [1.165, 1.54) is 6.92 Å². The SMILES string of the molecule is CCCCOC(=O)/C(C)=N/O. The van der Waals surface area contributed by atoms with E-state index < -0.39 is 5.97 Å². The fourth-order valence-electron chi connectivity index (χ4n) is 0.454. The lowest BCUT2D eigenvalue weighted by Crippen LogP contribution is -2.14. The maximum Gasteiger partial charge on any atom is 0.355 e. The second-order valence-corrected chi connectivity index (χ2v) is 2.17. The van der Waals surface area contributed by atoms with Crippen LogP contribution in [0.4, 0.5) is 0 Å². The number of carbonyl (C=O) groups is 1. The molecule has 0 heterocycles. The molecule has 0 saturated heterocycles. The number of oxime groups is 1. The monoisotopic (exact) mass is 159 g/mol. The van der Waals surface area contributed by atoms with E-state index in [4.69, 9.17) is 9.94 Å². The maximum atomic E-state index is 10.7. The predicted molar refractivity (Wildman–Crippen MR) is 40.8 cm³/mol. The van der Waals surface area contributed by atoms with E-state index >= 15 is 0 Å². The van der Waals surface area contributed by atoms with Gasteiger partial charge in [-0.05, 0) is 13.3 Å². The van der Waals surface area contributed by atoms with Crippen molar-refractivity contribution >= 4 is 11.7 Å². The van der Waals surface area contributed by atoms with Crippen LogP contribution in [-0.2, 0) is 9.53 Å². The third-order valence-corrected chi connectivity index (χ3v) is 1.18. The molecule has 0 bridgehead atoms. The fourth-order valence-corrected chi connectivity index (χ4v) is 0.454. The molecule has 0 rings (SSSR count). The molecular formula is C7H13NO3. The van der Waals surface area contributed by atoms with Crippen LogP contribution in [0.15, 0.2) is 5.16 Å². The molecule has 0 aromatic rings. The molecule has 0 aromatic carbocycles. The lowest BCUT2D eigenvalue weighted by Gasteiger charge is -2.00. The number of ether oxygens (including phenoxy) is 1. The summed E-state index contributed by atoms with van der Waals surface area (Å²) >= 11 is 0. The molecule has 64 valence electrons. The van der Waals surface area contributed by atoms with Crippen LogP contribution < -0.4 is 0 Å². The Balaban J connectivity index is 3.53. The van der Waals surface area contributed by atoms with Gasteiger partial charge < -0.3 is 9.94 Å². The summed E-state index contributed by atoms with van der Waals surface area (Å²) < 4.78 is 4.71. The molecule has 0 fully saturated rings. The molecule has 0 aliphatic carbocycles. The van der Waals surface area contributed by atoms with Crippen molar-refractivity contribution in [3.05, 3.63) is 0 Å². The Morgan fingerprint density at radius 3 is 2.73 bits per heavy atom. The number of esters is 1. The largest absolute Gasteiger partial charge is 0.461 e. The van der Waals surface area contributed by atoms with Gasteiger partial charge >= 0.3 is 5.97 Å². The first-order valence-electron chi connectivity index (χ1n) is 3.58. The van der Waals surface area contributed by atoms with E-state index in [9.17, 15) is 4.79 Å². The second-order valence-electron chi connectivity index (χ2n) is 2.17. The molecule has 0 atom stereocenters. The molecule has 0 amide bonds. The number of nitrogens with zero attached hydrogens (tertiary/aromatic N) is 1. The van der Waals surface area contributed by atoms with Crippen LogP contribution in [0.25, 0.3) is 0 Å². The molecule has 0 radical (unpaired) electrons. The summed E-state index contributed by atoms with van der Waals surface area (Å²) in [5.41, 5.74) is -0.0129. The van der Waals surface area contributed by atoms with Crippen LogP contribution in [0.5, 0.6) is 0 Å². The van der Waals surface area contributed by atoms with Crippen LogP contribution in [0.2, 0.25) is 0 Å².